The van der Waals surface area contributed by atoms with Crippen molar-refractivity contribution in [2.75, 3.05) is 26.7 Å². The second kappa shape index (κ2) is 5.99. The third-order valence-corrected chi connectivity index (χ3v) is 4.66. The predicted molar refractivity (Wildman–Crippen MR) is 86.1 cm³/mol. The third kappa shape index (κ3) is 2.76. The van der Waals surface area contributed by atoms with Gasteiger partial charge in [0.1, 0.15) is 0 Å². The first kappa shape index (κ1) is 15.5. The van der Waals surface area contributed by atoms with E-state index < -0.39 is 5.41 Å². The monoisotopic (exact) mass is 320 g/mol. The molecule has 2 aromatic rings. The lowest BCUT2D eigenvalue weighted by atomic mass is 9.84. The van der Waals surface area contributed by atoms with Crippen LogP contribution in [0.15, 0.2) is 28.8 Å². The maximum atomic E-state index is 6.33. The second-order valence-corrected chi connectivity index (χ2v) is 6.67. The molecule has 0 bridgehead atoms. The van der Waals surface area contributed by atoms with Gasteiger partial charge in [0.25, 0.3) is 0 Å². The molecule has 1 aromatic heterocycles. The van der Waals surface area contributed by atoms with Crippen molar-refractivity contribution < 1.29 is 4.52 Å². The number of rotatable bonds is 3. The summed E-state index contributed by atoms with van der Waals surface area (Å²) >= 11 is 6.33. The molecule has 1 aliphatic rings. The summed E-state index contributed by atoms with van der Waals surface area (Å²) in [5, 5.41) is 8.28. The Morgan fingerprint density at radius 2 is 2.14 bits per heavy atom. The summed E-state index contributed by atoms with van der Waals surface area (Å²) in [4.78, 5) is 6.90. The highest BCUT2D eigenvalue weighted by Crippen LogP contribution is 2.35. The van der Waals surface area contributed by atoms with Gasteiger partial charge in [0.05, 0.1) is 11.5 Å². The van der Waals surface area contributed by atoms with E-state index in [2.05, 4.69) is 27.4 Å². The summed E-state index contributed by atoms with van der Waals surface area (Å²) < 4.78 is 5.57. The Kier molecular flexibility index (Phi) is 4.21. The highest BCUT2D eigenvalue weighted by Gasteiger charge is 2.33. The molecule has 1 N–H and O–H groups in total. The summed E-state index contributed by atoms with van der Waals surface area (Å²) in [7, 11) is 2.08. The van der Waals surface area contributed by atoms with Gasteiger partial charge in [0.15, 0.2) is 5.82 Å². The lowest BCUT2D eigenvalue weighted by Gasteiger charge is -2.30. The minimum absolute atomic E-state index is 0.147. The van der Waals surface area contributed by atoms with Gasteiger partial charge in [-0.1, -0.05) is 35.0 Å². The van der Waals surface area contributed by atoms with Crippen molar-refractivity contribution in [1.29, 1.82) is 0 Å². The molecular formula is C16H21ClN4O. The van der Waals surface area contributed by atoms with Crippen LogP contribution in [0, 0.1) is 0 Å². The van der Waals surface area contributed by atoms with Gasteiger partial charge in [-0.2, -0.15) is 4.98 Å². The minimum atomic E-state index is -0.426. The first-order chi connectivity index (χ1) is 10.5. The molecule has 118 valence electrons. The Hall–Kier alpha value is -1.43. The van der Waals surface area contributed by atoms with Crippen molar-refractivity contribution in [3.05, 3.63) is 46.6 Å². The summed E-state index contributed by atoms with van der Waals surface area (Å²) in [6, 6.07) is 7.92. The number of aromatic nitrogens is 2. The molecule has 2 heterocycles. The van der Waals surface area contributed by atoms with Crippen LogP contribution in [0.1, 0.15) is 37.2 Å². The van der Waals surface area contributed by atoms with Gasteiger partial charge in [-0.25, -0.2) is 0 Å². The summed E-state index contributed by atoms with van der Waals surface area (Å²) in [6.07, 6.45) is 0. The molecule has 0 amide bonds. The standard InChI is InChI=1S/C16H21ClN4O/c1-16(2,11-6-4-5-7-12(11)17)15-19-14(20-22-15)13-10-18-8-9-21(13)3/h4-7,13,18H,8-10H2,1-3H3. The number of piperazine rings is 1. The Morgan fingerprint density at radius 1 is 1.36 bits per heavy atom. The Bertz CT molecular complexity index is 655. The van der Waals surface area contributed by atoms with Crippen molar-refractivity contribution >= 4 is 11.6 Å². The van der Waals surface area contributed by atoms with E-state index in [1.165, 1.54) is 0 Å². The SMILES string of the molecule is CN1CCNCC1c1noc(C(C)(C)c2ccccc2Cl)n1. The lowest BCUT2D eigenvalue weighted by molar-refractivity contribution is 0.190. The average Bonchev–Trinajstić information content (AvgIpc) is 2.98. The molecule has 0 saturated carbocycles. The van der Waals surface area contributed by atoms with Crippen LogP contribution in [0.2, 0.25) is 5.02 Å². The topological polar surface area (TPSA) is 54.2 Å². The van der Waals surface area contributed by atoms with Crippen LogP contribution in [-0.2, 0) is 5.41 Å². The smallest absolute Gasteiger partial charge is 0.236 e. The Balaban J connectivity index is 1.91. The van der Waals surface area contributed by atoms with Gasteiger partial charge in [0.2, 0.25) is 5.89 Å². The fourth-order valence-corrected chi connectivity index (χ4v) is 3.17. The lowest BCUT2D eigenvalue weighted by Crippen LogP contribution is -2.44. The zero-order chi connectivity index (χ0) is 15.7. The minimum Gasteiger partial charge on any atom is -0.338 e. The molecular weight excluding hydrogens is 300 g/mol. The van der Waals surface area contributed by atoms with Gasteiger partial charge in [-0.05, 0) is 32.5 Å². The van der Waals surface area contributed by atoms with Crippen LogP contribution in [-0.4, -0.2) is 41.7 Å². The van der Waals surface area contributed by atoms with Crippen LogP contribution in [0.5, 0.6) is 0 Å². The summed E-state index contributed by atoms with van der Waals surface area (Å²) in [5.41, 5.74) is 0.562. The number of likely N-dealkylation sites (N-methyl/N-ethyl adjacent to an activating group) is 1. The number of nitrogens with one attached hydrogen (secondary N) is 1. The summed E-state index contributed by atoms with van der Waals surface area (Å²) in [5.74, 6) is 1.32. The van der Waals surface area contributed by atoms with Crippen LogP contribution in [0.4, 0.5) is 0 Å². The van der Waals surface area contributed by atoms with Crippen molar-refractivity contribution in [3.8, 4) is 0 Å². The van der Waals surface area contributed by atoms with E-state index in [0.717, 1.165) is 31.0 Å². The largest absolute Gasteiger partial charge is 0.338 e. The highest BCUT2D eigenvalue weighted by atomic mass is 35.5. The molecule has 1 saturated heterocycles. The number of halogens is 1. The van der Waals surface area contributed by atoms with Crippen molar-refractivity contribution in [2.45, 2.75) is 25.3 Å². The molecule has 0 spiro atoms. The number of benzene rings is 1. The van der Waals surface area contributed by atoms with Crippen LogP contribution >= 0.6 is 11.6 Å². The molecule has 0 aliphatic carbocycles. The molecule has 3 rings (SSSR count). The first-order valence-corrected chi connectivity index (χ1v) is 7.88. The van der Waals surface area contributed by atoms with E-state index >= 15 is 0 Å². The zero-order valence-corrected chi connectivity index (χ0v) is 13.9. The molecule has 22 heavy (non-hydrogen) atoms. The molecule has 5 nitrogen and oxygen atoms in total. The maximum Gasteiger partial charge on any atom is 0.236 e. The second-order valence-electron chi connectivity index (χ2n) is 6.26. The Labute approximate surface area is 135 Å². The van der Waals surface area contributed by atoms with Crippen molar-refractivity contribution in [1.82, 2.24) is 20.4 Å². The molecule has 1 atom stereocenters. The molecule has 1 fully saturated rings. The quantitative estimate of drug-likeness (QED) is 0.942. The van der Waals surface area contributed by atoms with Crippen molar-refractivity contribution in [3.63, 3.8) is 0 Å². The number of nitrogens with zero attached hydrogens (tertiary/aromatic N) is 3. The van der Waals surface area contributed by atoms with Gasteiger partial charge >= 0.3 is 0 Å². The van der Waals surface area contributed by atoms with Crippen molar-refractivity contribution in [2.24, 2.45) is 0 Å². The fourth-order valence-electron chi connectivity index (χ4n) is 2.80. The van der Waals surface area contributed by atoms with E-state index in [1.54, 1.807) is 0 Å². The fraction of sp³-hybridized carbons (Fsp3) is 0.500. The molecule has 1 aromatic carbocycles. The highest BCUT2D eigenvalue weighted by molar-refractivity contribution is 6.31. The first-order valence-electron chi connectivity index (χ1n) is 7.50. The van der Waals surface area contributed by atoms with Crippen LogP contribution < -0.4 is 5.32 Å². The molecule has 1 aliphatic heterocycles. The number of hydrogen-bond donors (Lipinski definition) is 1. The Morgan fingerprint density at radius 3 is 2.86 bits per heavy atom. The predicted octanol–water partition coefficient (Wildman–Crippen LogP) is 2.63. The summed E-state index contributed by atoms with van der Waals surface area (Å²) in [6.45, 7) is 6.90. The zero-order valence-electron chi connectivity index (χ0n) is 13.1. The molecule has 6 heteroatoms. The average molecular weight is 321 g/mol. The number of hydrogen-bond acceptors (Lipinski definition) is 5. The third-order valence-electron chi connectivity index (χ3n) is 4.33. The molecule has 0 radical (unpaired) electrons. The van der Waals surface area contributed by atoms with E-state index in [1.807, 2.05) is 38.1 Å². The normalized spacial score (nSPS) is 20.3. The maximum absolute atomic E-state index is 6.33. The van der Waals surface area contributed by atoms with Gasteiger partial charge < -0.3 is 9.84 Å². The van der Waals surface area contributed by atoms with Gasteiger partial charge in [-0.3, -0.25) is 4.90 Å². The van der Waals surface area contributed by atoms with E-state index in [9.17, 15) is 0 Å². The van der Waals surface area contributed by atoms with E-state index in [-0.39, 0.29) is 6.04 Å². The van der Waals surface area contributed by atoms with E-state index in [4.69, 9.17) is 16.1 Å². The van der Waals surface area contributed by atoms with E-state index in [0.29, 0.717) is 10.9 Å². The van der Waals surface area contributed by atoms with Gasteiger partial charge in [-0.15, -0.1) is 0 Å². The van der Waals surface area contributed by atoms with Crippen LogP contribution in [0.25, 0.3) is 0 Å². The molecule has 1 unspecified atom stereocenters. The van der Waals surface area contributed by atoms with Gasteiger partial charge in [0, 0.05) is 24.7 Å². The van der Waals surface area contributed by atoms with Crippen LogP contribution in [0.3, 0.4) is 0 Å².